The number of aryl methyl sites for hydroxylation is 1. The summed E-state index contributed by atoms with van der Waals surface area (Å²) in [6.45, 7) is 0.586. The van der Waals surface area contributed by atoms with Crippen molar-refractivity contribution >= 4 is 12.1 Å². The lowest BCUT2D eigenvalue weighted by Gasteiger charge is -2.08. The Morgan fingerprint density at radius 1 is 0.821 bits per heavy atom. The number of carbonyl (C=O) groups excluding carboxylic acids is 2. The largest absolute Gasteiger partial charge is 0.489 e. The first-order chi connectivity index (χ1) is 13.7. The minimum Gasteiger partial charge on any atom is -0.489 e. The lowest BCUT2D eigenvalue weighted by atomic mass is 10.0. The number of carbonyl (C=O) groups is 2. The molecule has 5 nitrogen and oxygen atoms in total. The van der Waals surface area contributed by atoms with Crippen LogP contribution in [0, 0.1) is 0 Å². The highest BCUT2D eigenvalue weighted by Gasteiger charge is 2.31. The molecule has 1 N–H and O–H groups in total. The van der Waals surface area contributed by atoms with Gasteiger partial charge in [-0.1, -0.05) is 68.1 Å². The van der Waals surface area contributed by atoms with Crippen LogP contribution in [0.4, 0.5) is 4.79 Å². The average molecular weight is 381 g/mol. The van der Waals surface area contributed by atoms with E-state index in [9.17, 15) is 9.59 Å². The zero-order valence-electron chi connectivity index (χ0n) is 16.1. The van der Waals surface area contributed by atoms with E-state index in [1.54, 1.807) is 0 Å². The van der Waals surface area contributed by atoms with Crippen LogP contribution < -0.4 is 10.1 Å². The number of cyclic esters (lactones) is 2. The van der Waals surface area contributed by atoms with Crippen molar-refractivity contribution in [2.45, 2.75) is 57.6 Å². The Bertz CT molecular complexity index is 758. The lowest BCUT2D eigenvalue weighted by molar-refractivity contribution is -0.135. The summed E-state index contributed by atoms with van der Waals surface area (Å²) in [5.74, 6) is 0.450. The molecular formula is C23H27NO4. The third kappa shape index (κ3) is 6.41. The van der Waals surface area contributed by atoms with Gasteiger partial charge in [-0.25, -0.2) is 9.59 Å². The Labute approximate surface area is 166 Å². The molecule has 0 aliphatic carbocycles. The summed E-state index contributed by atoms with van der Waals surface area (Å²) >= 11 is 0. The third-order valence-electron chi connectivity index (χ3n) is 4.90. The van der Waals surface area contributed by atoms with Crippen LogP contribution in [0.1, 0.15) is 49.7 Å². The molecule has 0 saturated carbocycles. The van der Waals surface area contributed by atoms with E-state index in [1.807, 2.05) is 30.3 Å². The van der Waals surface area contributed by atoms with Crippen molar-refractivity contribution in [3.63, 3.8) is 0 Å². The van der Waals surface area contributed by atoms with Gasteiger partial charge in [0.05, 0.1) is 0 Å². The van der Waals surface area contributed by atoms with E-state index < -0.39 is 18.1 Å². The Morgan fingerprint density at radius 3 is 2.25 bits per heavy atom. The van der Waals surface area contributed by atoms with E-state index in [0.717, 1.165) is 44.3 Å². The van der Waals surface area contributed by atoms with E-state index in [2.05, 4.69) is 34.3 Å². The molecule has 1 aliphatic heterocycles. The topological polar surface area (TPSA) is 64.6 Å². The number of amides is 1. The van der Waals surface area contributed by atoms with Crippen LogP contribution in [0.5, 0.6) is 5.75 Å². The molecule has 0 bridgehead atoms. The van der Waals surface area contributed by atoms with Gasteiger partial charge in [0.15, 0.2) is 0 Å². The molecule has 1 saturated heterocycles. The molecule has 0 spiro atoms. The Morgan fingerprint density at radius 2 is 1.54 bits per heavy atom. The second kappa shape index (κ2) is 10.5. The molecule has 2 aromatic rings. The molecule has 0 radical (unpaired) electrons. The third-order valence-corrected chi connectivity index (χ3v) is 4.90. The van der Waals surface area contributed by atoms with E-state index in [0.29, 0.717) is 13.0 Å². The normalized spacial score (nSPS) is 15.9. The molecular weight excluding hydrogens is 354 g/mol. The van der Waals surface area contributed by atoms with Gasteiger partial charge in [-0.15, -0.1) is 0 Å². The molecule has 148 valence electrons. The quantitative estimate of drug-likeness (QED) is 0.345. The van der Waals surface area contributed by atoms with E-state index in [-0.39, 0.29) is 0 Å². The SMILES string of the molecule is O=C1NC(CCCCCCCc2ccc(OCc3ccccc3)cc2)C(=O)O1. The molecule has 0 aromatic heterocycles. The molecule has 1 amide bonds. The molecule has 1 atom stereocenters. The first-order valence-corrected chi connectivity index (χ1v) is 9.98. The molecule has 28 heavy (non-hydrogen) atoms. The number of alkyl carbamates (subject to hydrolysis) is 1. The second-order valence-electron chi connectivity index (χ2n) is 7.13. The van der Waals surface area contributed by atoms with Crippen molar-refractivity contribution in [3.8, 4) is 5.75 Å². The van der Waals surface area contributed by atoms with Crippen LogP contribution in [-0.2, 0) is 22.6 Å². The summed E-state index contributed by atoms with van der Waals surface area (Å²) in [6, 6.07) is 18.0. The van der Waals surface area contributed by atoms with Gasteiger partial charge in [0, 0.05) is 0 Å². The number of hydrogen-bond donors (Lipinski definition) is 1. The van der Waals surface area contributed by atoms with E-state index in [1.165, 1.54) is 11.1 Å². The molecule has 5 heteroatoms. The highest BCUT2D eigenvalue weighted by atomic mass is 16.6. The zero-order valence-corrected chi connectivity index (χ0v) is 16.1. The van der Waals surface area contributed by atoms with Gasteiger partial charge in [0.1, 0.15) is 18.4 Å². The highest BCUT2D eigenvalue weighted by molar-refractivity contribution is 5.95. The summed E-state index contributed by atoms with van der Waals surface area (Å²) in [5.41, 5.74) is 2.49. The molecule has 2 aromatic carbocycles. The number of rotatable bonds is 11. The Balaban J connectivity index is 1.25. The fraction of sp³-hybridized carbons (Fsp3) is 0.391. The van der Waals surface area contributed by atoms with Crippen molar-refractivity contribution in [1.82, 2.24) is 5.32 Å². The van der Waals surface area contributed by atoms with Crippen LogP contribution in [-0.4, -0.2) is 18.1 Å². The van der Waals surface area contributed by atoms with Gasteiger partial charge in [-0.3, -0.25) is 0 Å². The Kier molecular flexibility index (Phi) is 7.47. The number of hydrogen-bond acceptors (Lipinski definition) is 4. The van der Waals surface area contributed by atoms with Crippen molar-refractivity contribution in [2.24, 2.45) is 0 Å². The molecule has 1 unspecified atom stereocenters. The fourth-order valence-electron chi connectivity index (χ4n) is 3.28. The van der Waals surface area contributed by atoms with Gasteiger partial charge in [-0.2, -0.15) is 0 Å². The first-order valence-electron chi connectivity index (χ1n) is 9.98. The number of benzene rings is 2. The lowest BCUT2D eigenvalue weighted by Crippen LogP contribution is -2.28. The maximum absolute atomic E-state index is 11.3. The van der Waals surface area contributed by atoms with Crippen LogP contribution >= 0.6 is 0 Å². The minimum atomic E-state index is -0.619. The number of unbranched alkanes of at least 4 members (excludes halogenated alkanes) is 4. The van der Waals surface area contributed by atoms with Gasteiger partial charge in [-0.05, 0) is 42.5 Å². The summed E-state index contributed by atoms with van der Waals surface area (Å²) in [6.07, 6.45) is 6.53. The summed E-state index contributed by atoms with van der Waals surface area (Å²) in [4.78, 5) is 22.3. The number of ether oxygens (including phenoxy) is 2. The van der Waals surface area contributed by atoms with Crippen molar-refractivity contribution in [2.75, 3.05) is 0 Å². The van der Waals surface area contributed by atoms with Crippen molar-refractivity contribution in [1.29, 1.82) is 0 Å². The van der Waals surface area contributed by atoms with Crippen molar-refractivity contribution in [3.05, 3.63) is 65.7 Å². The molecule has 1 aliphatic rings. The predicted octanol–water partition coefficient (Wildman–Crippen LogP) is 4.78. The first kappa shape index (κ1) is 19.9. The van der Waals surface area contributed by atoms with E-state index in [4.69, 9.17) is 4.74 Å². The van der Waals surface area contributed by atoms with Crippen LogP contribution in [0.2, 0.25) is 0 Å². The van der Waals surface area contributed by atoms with Gasteiger partial charge in [0.25, 0.3) is 0 Å². The van der Waals surface area contributed by atoms with Gasteiger partial charge in [0.2, 0.25) is 0 Å². The van der Waals surface area contributed by atoms with Gasteiger partial charge < -0.3 is 14.8 Å². The average Bonchev–Trinajstić information content (AvgIpc) is 3.04. The van der Waals surface area contributed by atoms with Crippen LogP contribution in [0.15, 0.2) is 54.6 Å². The maximum Gasteiger partial charge on any atom is 0.415 e. The highest BCUT2D eigenvalue weighted by Crippen LogP contribution is 2.17. The molecule has 1 fully saturated rings. The van der Waals surface area contributed by atoms with Crippen LogP contribution in [0.3, 0.4) is 0 Å². The summed E-state index contributed by atoms with van der Waals surface area (Å²) in [7, 11) is 0. The van der Waals surface area contributed by atoms with E-state index >= 15 is 0 Å². The maximum atomic E-state index is 11.3. The zero-order chi connectivity index (χ0) is 19.6. The summed E-state index contributed by atoms with van der Waals surface area (Å²) in [5, 5.41) is 2.53. The minimum absolute atomic E-state index is 0.443. The smallest absolute Gasteiger partial charge is 0.415 e. The summed E-state index contributed by atoms with van der Waals surface area (Å²) < 4.78 is 10.3. The number of esters is 1. The fourth-order valence-corrected chi connectivity index (χ4v) is 3.28. The monoisotopic (exact) mass is 381 g/mol. The number of nitrogens with one attached hydrogen (secondary N) is 1. The molecule has 3 rings (SSSR count). The standard InChI is InChI=1S/C23H27NO4/c25-22-21(24-23(26)28-22)12-8-3-1-2-5-9-18-13-15-20(16-14-18)27-17-19-10-6-4-7-11-19/h4,6-7,10-11,13-16,21H,1-3,5,8-9,12,17H2,(H,24,26). The second-order valence-corrected chi connectivity index (χ2v) is 7.13. The van der Waals surface area contributed by atoms with Crippen molar-refractivity contribution < 1.29 is 19.1 Å². The Hall–Kier alpha value is -2.82. The van der Waals surface area contributed by atoms with Gasteiger partial charge >= 0.3 is 12.1 Å². The molecule has 1 heterocycles. The van der Waals surface area contributed by atoms with Crippen LogP contribution in [0.25, 0.3) is 0 Å². The predicted molar refractivity (Wildman–Crippen MR) is 107 cm³/mol.